The third-order valence-corrected chi connectivity index (χ3v) is 4.41. The number of ether oxygens (including phenoxy) is 1. The summed E-state index contributed by atoms with van der Waals surface area (Å²) in [6.45, 7) is 0.864. The van der Waals surface area contributed by atoms with Crippen LogP contribution in [0.4, 0.5) is 4.79 Å². The lowest BCUT2D eigenvalue weighted by Crippen LogP contribution is -2.37. The first-order chi connectivity index (χ1) is 10.6. The maximum Gasteiger partial charge on any atom is 0.315 e. The molecule has 1 aliphatic rings. The SMILES string of the molecule is C[S@](=O)CCNC(=O)NCc1cccc(OC2CCCC2)c1. The maximum absolute atomic E-state index is 11.6. The monoisotopic (exact) mass is 324 g/mol. The Labute approximate surface area is 134 Å². The summed E-state index contributed by atoms with van der Waals surface area (Å²) in [5.74, 6) is 1.34. The number of carbonyl (C=O) groups excluding carboxylic acids is 1. The van der Waals surface area contributed by atoms with Gasteiger partial charge in [0.05, 0.1) is 6.10 Å². The third kappa shape index (κ3) is 6.05. The normalized spacial score (nSPS) is 16.2. The summed E-state index contributed by atoms with van der Waals surface area (Å²) >= 11 is 0. The third-order valence-electron chi connectivity index (χ3n) is 3.63. The van der Waals surface area contributed by atoms with Crippen molar-refractivity contribution in [2.75, 3.05) is 18.6 Å². The fourth-order valence-electron chi connectivity index (χ4n) is 2.48. The van der Waals surface area contributed by atoms with Gasteiger partial charge >= 0.3 is 6.03 Å². The molecule has 0 saturated heterocycles. The van der Waals surface area contributed by atoms with Crippen LogP contribution in [0.5, 0.6) is 5.75 Å². The molecule has 1 aromatic carbocycles. The average Bonchev–Trinajstić information content (AvgIpc) is 2.98. The van der Waals surface area contributed by atoms with E-state index >= 15 is 0 Å². The first-order valence-electron chi connectivity index (χ1n) is 7.71. The predicted octanol–water partition coefficient (Wildman–Crippen LogP) is 2.19. The number of amides is 2. The molecule has 1 aliphatic carbocycles. The van der Waals surface area contributed by atoms with Gasteiger partial charge in [-0.3, -0.25) is 4.21 Å². The fourth-order valence-corrected chi connectivity index (χ4v) is 2.87. The largest absolute Gasteiger partial charge is 0.490 e. The second-order valence-electron chi connectivity index (χ2n) is 5.56. The first kappa shape index (κ1) is 16.8. The van der Waals surface area contributed by atoms with Crippen molar-refractivity contribution in [2.24, 2.45) is 0 Å². The molecule has 0 aliphatic heterocycles. The number of benzene rings is 1. The number of nitrogens with one attached hydrogen (secondary N) is 2. The van der Waals surface area contributed by atoms with Gasteiger partial charge in [-0.05, 0) is 43.4 Å². The predicted molar refractivity (Wildman–Crippen MR) is 88.5 cm³/mol. The van der Waals surface area contributed by atoms with E-state index in [1.54, 1.807) is 6.26 Å². The average molecular weight is 324 g/mol. The molecule has 1 saturated carbocycles. The zero-order chi connectivity index (χ0) is 15.8. The van der Waals surface area contributed by atoms with Crippen molar-refractivity contribution >= 4 is 16.8 Å². The molecule has 1 fully saturated rings. The molecule has 2 amide bonds. The molecule has 0 bridgehead atoms. The Hall–Kier alpha value is -1.56. The van der Waals surface area contributed by atoms with Crippen LogP contribution in [0.1, 0.15) is 31.2 Å². The Balaban J connectivity index is 1.75. The minimum absolute atomic E-state index is 0.243. The maximum atomic E-state index is 11.6. The van der Waals surface area contributed by atoms with Crippen molar-refractivity contribution < 1.29 is 13.7 Å². The number of hydrogen-bond acceptors (Lipinski definition) is 3. The van der Waals surface area contributed by atoms with Crippen LogP contribution in [0.15, 0.2) is 24.3 Å². The molecule has 1 aromatic rings. The van der Waals surface area contributed by atoms with Crippen LogP contribution >= 0.6 is 0 Å². The van der Waals surface area contributed by atoms with E-state index in [0.29, 0.717) is 24.9 Å². The summed E-state index contributed by atoms with van der Waals surface area (Å²) in [5.41, 5.74) is 1.00. The lowest BCUT2D eigenvalue weighted by Gasteiger charge is -2.14. The number of hydrogen-bond donors (Lipinski definition) is 2. The van der Waals surface area contributed by atoms with E-state index in [0.717, 1.165) is 24.2 Å². The van der Waals surface area contributed by atoms with Crippen LogP contribution in [0.25, 0.3) is 0 Å². The smallest absolute Gasteiger partial charge is 0.315 e. The Bertz CT molecular complexity index is 516. The van der Waals surface area contributed by atoms with E-state index in [9.17, 15) is 9.00 Å². The minimum atomic E-state index is -0.887. The lowest BCUT2D eigenvalue weighted by atomic mass is 10.2. The highest BCUT2D eigenvalue weighted by atomic mass is 32.2. The molecule has 0 radical (unpaired) electrons. The summed E-state index contributed by atoms with van der Waals surface area (Å²) in [7, 11) is -0.887. The Morgan fingerprint density at radius 1 is 1.32 bits per heavy atom. The molecule has 5 nitrogen and oxygen atoms in total. The molecule has 0 spiro atoms. The summed E-state index contributed by atoms with van der Waals surface area (Å²) < 4.78 is 16.9. The van der Waals surface area contributed by atoms with Crippen molar-refractivity contribution in [3.05, 3.63) is 29.8 Å². The molecular weight excluding hydrogens is 300 g/mol. The van der Waals surface area contributed by atoms with Gasteiger partial charge in [-0.2, -0.15) is 0 Å². The summed E-state index contributed by atoms with van der Waals surface area (Å²) in [6.07, 6.45) is 6.70. The van der Waals surface area contributed by atoms with E-state index in [-0.39, 0.29) is 6.03 Å². The van der Waals surface area contributed by atoms with Crippen molar-refractivity contribution in [3.8, 4) is 5.75 Å². The van der Waals surface area contributed by atoms with Gasteiger partial charge in [0, 0.05) is 35.9 Å². The molecular formula is C16H24N2O3S. The van der Waals surface area contributed by atoms with Gasteiger partial charge in [0.1, 0.15) is 5.75 Å². The number of urea groups is 1. The highest BCUT2D eigenvalue weighted by Gasteiger charge is 2.16. The summed E-state index contributed by atoms with van der Waals surface area (Å²) in [4.78, 5) is 11.6. The van der Waals surface area contributed by atoms with Crippen LogP contribution in [0.3, 0.4) is 0 Å². The lowest BCUT2D eigenvalue weighted by molar-refractivity contribution is 0.209. The van der Waals surface area contributed by atoms with Crippen LogP contribution < -0.4 is 15.4 Å². The van der Waals surface area contributed by atoms with Gasteiger partial charge in [0.15, 0.2) is 0 Å². The first-order valence-corrected chi connectivity index (χ1v) is 9.43. The van der Waals surface area contributed by atoms with Gasteiger partial charge < -0.3 is 15.4 Å². The second kappa shape index (κ2) is 8.78. The number of carbonyl (C=O) groups is 1. The minimum Gasteiger partial charge on any atom is -0.490 e. The van der Waals surface area contributed by atoms with E-state index in [1.807, 2.05) is 24.3 Å². The van der Waals surface area contributed by atoms with Crippen molar-refractivity contribution in [1.82, 2.24) is 10.6 Å². The Kier molecular flexibility index (Phi) is 6.71. The standard InChI is InChI=1S/C16H24N2O3S/c1-22(20)10-9-17-16(19)18-12-13-5-4-8-15(11-13)21-14-6-2-3-7-14/h4-5,8,11,14H,2-3,6-7,9-10,12H2,1H3,(H2,17,18,19)/t22-/m0/s1. The van der Waals surface area contributed by atoms with Gasteiger partial charge in [0.25, 0.3) is 0 Å². The summed E-state index contributed by atoms with van der Waals surface area (Å²) in [5, 5.41) is 5.47. The molecule has 0 heterocycles. The van der Waals surface area contributed by atoms with E-state index < -0.39 is 10.8 Å². The zero-order valence-electron chi connectivity index (χ0n) is 13.0. The quantitative estimate of drug-likeness (QED) is 0.808. The van der Waals surface area contributed by atoms with Gasteiger partial charge in [-0.15, -0.1) is 0 Å². The Morgan fingerprint density at radius 2 is 2.09 bits per heavy atom. The van der Waals surface area contributed by atoms with E-state index in [4.69, 9.17) is 4.74 Å². The molecule has 2 N–H and O–H groups in total. The highest BCUT2D eigenvalue weighted by Crippen LogP contribution is 2.24. The molecule has 0 aromatic heterocycles. The second-order valence-corrected chi connectivity index (χ2v) is 7.11. The van der Waals surface area contributed by atoms with E-state index in [1.165, 1.54) is 12.8 Å². The highest BCUT2D eigenvalue weighted by molar-refractivity contribution is 7.84. The molecule has 6 heteroatoms. The molecule has 22 heavy (non-hydrogen) atoms. The summed E-state index contributed by atoms with van der Waals surface area (Å²) in [6, 6.07) is 7.59. The molecule has 2 rings (SSSR count). The number of rotatable bonds is 7. The fraction of sp³-hybridized carbons (Fsp3) is 0.562. The van der Waals surface area contributed by atoms with Crippen molar-refractivity contribution in [3.63, 3.8) is 0 Å². The van der Waals surface area contributed by atoms with E-state index in [2.05, 4.69) is 10.6 Å². The van der Waals surface area contributed by atoms with Crippen molar-refractivity contribution in [2.45, 2.75) is 38.3 Å². The van der Waals surface area contributed by atoms with Crippen LogP contribution in [-0.2, 0) is 17.3 Å². The molecule has 0 unspecified atom stereocenters. The van der Waals surface area contributed by atoms with Crippen molar-refractivity contribution in [1.29, 1.82) is 0 Å². The molecule has 122 valence electrons. The van der Waals surface area contributed by atoms with Gasteiger partial charge in [-0.1, -0.05) is 12.1 Å². The topological polar surface area (TPSA) is 67.4 Å². The van der Waals surface area contributed by atoms with Crippen LogP contribution in [-0.4, -0.2) is 34.9 Å². The Morgan fingerprint density at radius 3 is 2.82 bits per heavy atom. The van der Waals surface area contributed by atoms with Crippen LogP contribution in [0, 0.1) is 0 Å². The van der Waals surface area contributed by atoms with Gasteiger partial charge in [0.2, 0.25) is 0 Å². The zero-order valence-corrected chi connectivity index (χ0v) is 13.8. The van der Waals surface area contributed by atoms with Crippen LogP contribution in [0.2, 0.25) is 0 Å². The molecule has 1 atom stereocenters. The van der Waals surface area contributed by atoms with Gasteiger partial charge in [-0.25, -0.2) is 4.79 Å².